The molecule has 0 bridgehead atoms. The summed E-state index contributed by atoms with van der Waals surface area (Å²) in [6.45, 7) is 15.3. The Labute approximate surface area is 129 Å². The summed E-state index contributed by atoms with van der Waals surface area (Å²) in [5, 5.41) is 7.39. The maximum Gasteiger partial charge on any atom is 0.171 e. The molecule has 0 aliphatic rings. The summed E-state index contributed by atoms with van der Waals surface area (Å²) in [7, 11) is 0. The average molecular weight is 292 g/mol. The molecule has 0 aliphatic carbocycles. The molecule has 0 aliphatic heterocycles. The van der Waals surface area contributed by atoms with Gasteiger partial charge < -0.3 is 10.6 Å². The van der Waals surface area contributed by atoms with Gasteiger partial charge in [0.05, 0.1) is 0 Å². The molecule has 0 radical (unpaired) electrons. The maximum atomic E-state index is 5.44. The highest BCUT2D eigenvalue weighted by Gasteiger charge is 2.25. The first-order chi connectivity index (χ1) is 8.97. The van der Waals surface area contributed by atoms with Crippen LogP contribution in [0.25, 0.3) is 0 Å². The highest BCUT2D eigenvalue weighted by Crippen LogP contribution is 2.26. The Balaban J connectivity index is 2.67. The number of aryl methyl sites for hydroxylation is 2. The molecule has 1 aromatic carbocycles. The van der Waals surface area contributed by atoms with Crippen molar-refractivity contribution in [3.8, 4) is 0 Å². The van der Waals surface area contributed by atoms with Gasteiger partial charge in [0.1, 0.15) is 0 Å². The van der Waals surface area contributed by atoms with Crippen molar-refractivity contribution < 1.29 is 0 Å². The quantitative estimate of drug-likeness (QED) is 0.782. The van der Waals surface area contributed by atoms with Crippen molar-refractivity contribution in [2.75, 3.05) is 5.32 Å². The summed E-state index contributed by atoms with van der Waals surface area (Å²) < 4.78 is 0. The zero-order chi connectivity index (χ0) is 15.6. The number of anilines is 1. The van der Waals surface area contributed by atoms with Crippen LogP contribution in [0, 0.1) is 19.3 Å². The Morgan fingerprint density at radius 3 is 1.95 bits per heavy atom. The fourth-order valence-corrected chi connectivity index (χ4v) is 3.28. The van der Waals surface area contributed by atoms with Crippen LogP contribution in [0.5, 0.6) is 0 Å². The van der Waals surface area contributed by atoms with E-state index in [4.69, 9.17) is 12.2 Å². The molecule has 0 saturated carbocycles. The predicted octanol–water partition coefficient (Wildman–Crippen LogP) is 4.80. The first-order valence-electron chi connectivity index (χ1n) is 7.14. The van der Waals surface area contributed by atoms with Crippen molar-refractivity contribution in [1.29, 1.82) is 0 Å². The third-order valence-corrected chi connectivity index (χ3v) is 3.11. The van der Waals surface area contributed by atoms with E-state index >= 15 is 0 Å². The minimum Gasteiger partial charge on any atom is -0.358 e. The molecule has 0 atom stereocenters. The van der Waals surface area contributed by atoms with Gasteiger partial charge in [-0.15, -0.1) is 0 Å². The summed E-state index contributed by atoms with van der Waals surface area (Å²) in [6, 6.07) is 6.38. The van der Waals surface area contributed by atoms with Crippen LogP contribution >= 0.6 is 12.2 Å². The van der Waals surface area contributed by atoms with Gasteiger partial charge in [-0.2, -0.15) is 0 Å². The van der Waals surface area contributed by atoms with Crippen LogP contribution in [0.4, 0.5) is 5.69 Å². The van der Waals surface area contributed by atoms with Gasteiger partial charge in [-0.05, 0) is 75.0 Å². The Morgan fingerprint density at radius 2 is 1.50 bits per heavy atom. The summed E-state index contributed by atoms with van der Waals surface area (Å²) >= 11 is 5.44. The Kier molecular flexibility index (Phi) is 5.20. The largest absolute Gasteiger partial charge is 0.358 e. The lowest BCUT2D eigenvalue weighted by Gasteiger charge is -2.34. The molecule has 0 spiro atoms. The predicted molar refractivity (Wildman–Crippen MR) is 93.4 cm³/mol. The maximum absolute atomic E-state index is 5.44. The van der Waals surface area contributed by atoms with Gasteiger partial charge in [0, 0.05) is 11.2 Å². The van der Waals surface area contributed by atoms with Gasteiger partial charge in [-0.1, -0.05) is 26.8 Å². The number of hydrogen-bond donors (Lipinski definition) is 2. The molecular weight excluding hydrogens is 264 g/mol. The summed E-state index contributed by atoms with van der Waals surface area (Å²) in [5.41, 5.74) is 3.77. The number of thiocarbonyl (C=S) groups is 1. The van der Waals surface area contributed by atoms with Gasteiger partial charge in [0.2, 0.25) is 0 Å². The monoisotopic (exact) mass is 292 g/mol. The zero-order valence-corrected chi connectivity index (χ0v) is 14.7. The normalized spacial score (nSPS) is 12.2. The molecule has 1 aromatic rings. The third-order valence-electron chi connectivity index (χ3n) is 2.90. The number of rotatable bonds is 3. The molecule has 112 valence electrons. The molecule has 0 unspecified atom stereocenters. The Bertz CT molecular complexity index is 464. The van der Waals surface area contributed by atoms with Gasteiger partial charge in [0.25, 0.3) is 0 Å². The lowest BCUT2D eigenvalue weighted by atomic mass is 9.82. The Morgan fingerprint density at radius 1 is 1.00 bits per heavy atom. The second-order valence-corrected chi connectivity index (χ2v) is 7.99. The number of hydrogen-bond acceptors (Lipinski definition) is 1. The van der Waals surface area contributed by atoms with Crippen LogP contribution in [0.15, 0.2) is 18.2 Å². The second-order valence-electron chi connectivity index (χ2n) is 7.58. The molecule has 0 aromatic heterocycles. The minimum atomic E-state index is -0.0266. The van der Waals surface area contributed by atoms with Crippen molar-refractivity contribution >= 4 is 23.0 Å². The van der Waals surface area contributed by atoms with Gasteiger partial charge >= 0.3 is 0 Å². The van der Waals surface area contributed by atoms with Crippen molar-refractivity contribution in [3.05, 3.63) is 29.3 Å². The first kappa shape index (κ1) is 17.0. The van der Waals surface area contributed by atoms with E-state index in [1.807, 2.05) is 0 Å². The van der Waals surface area contributed by atoms with Crippen LogP contribution in [0.3, 0.4) is 0 Å². The van der Waals surface area contributed by atoms with Crippen LogP contribution in [-0.4, -0.2) is 10.7 Å². The molecule has 0 saturated heterocycles. The molecule has 0 amide bonds. The molecule has 1 rings (SSSR count). The number of nitrogens with one attached hydrogen (secondary N) is 2. The topological polar surface area (TPSA) is 24.1 Å². The van der Waals surface area contributed by atoms with Crippen molar-refractivity contribution in [3.63, 3.8) is 0 Å². The van der Waals surface area contributed by atoms with E-state index in [1.165, 1.54) is 11.1 Å². The molecule has 2 N–H and O–H groups in total. The molecule has 20 heavy (non-hydrogen) atoms. The second kappa shape index (κ2) is 6.13. The molecular formula is C17H28N2S. The Hall–Kier alpha value is -1.09. The molecule has 0 fully saturated rings. The van der Waals surface area contributed by atoms with Crippen LogP contribution in [0.1, 0.15) is 52.2 Å². The standard InChI is InChI=1S/C17H28N2S/c1-12-8-13(2)10-14(9-12)18-15(20)19-17(6,7)11-16(3,4)5/h8-10H,11H2,1-7H3,(H2,18,19,20). The van der Waals surface area contributed by atoms with E-state index in [9.17, 15) is 0 Å². The highest BCUT2D eigenvalue weighted by atomic mass is 32.1. The first-order valence-corrected chi connectivity index (χ1v) is 7.55. The van der Waals surface area contributed by atoms with Gasteiger partial charge in [-0.3, -0.25) is 0 Å². The molecule has 2 nitrogen and oxygen atoms in total. The van der Waals surface area contributed by atoms with E-state index in [0.717, 1.165) is 12.1 Å². The van der Waals surface area contributed by atoms with E-state index < -0.39 is 0 Å². The summed E-state index contributed by atoms with van der Waals surface area (Å²) in [6.07, 6.45) is 1.05. The van der Waals surface area contributed by atoms with Crippen LogP contribution in [0.2, 0.25) is 0 Å². The van der Waals surface area contributed by atoms with E-state index in [2.05, 4.69) is 77.3 Å². The lowest BCUT2D eigenvalue weighted by molar-refractivity contribution is 0.268. The van der Waals surface area contributed by atoms with Crippen molar-refractivity contribution in [1.82, 2.24) is 5.32 Å². The summed E-state index contributed by atoms with van der Waals surface area (Å²) in [5.74, 6) is 0. The fourth-order valence-electron chi connectivity index (χ4n) is 2.89. The minimum absolute atomic E-state index is 0.0266. The van der Waals surface area contributed by atoms with Crippen LogP contribution in [-0.2, 0) is 0 Å². The average Bonchev–Trinajstić information content (AvgIpc) is 2.08. The van der Waals surface area contributed by atoms with E-state index in [1.54, 1.807) is 0 Å². The van der Waals surface area contributed by atoms with Crippen LogP contribution < -0.4 is 10.6 Å². The highest BCUT2D eigenvalue weighted by molar-refractivity contribution is 7.80. The van der Waals surface area contributed by atoms with Crippen molar-refractivity contribution in [2.24, 2.45) is 5.41 Å². The van der Waals surface area contributed by atoms with E-state index in [0.29, 0.717) is 5.11 Å². The van der Waals surface area contributed by atoms with Gasteiger partial charge in [-0.25, -0.2) is 0 Å². The molecule has 3 heteroatoms. The third kappa shape index (κ3) is 6.38. The lowest BCUT2D eigenvalue weighted by Crippen LogP contribution is -2.47. The van der Waals surface area contributed by atoms with E-state index in [-0.39, 0.29) is 11.0 Å². The smallest absolute Gasteiger partial charge is 0.171 e. The van der Waals surface area contributed by atoms with Crippen molar-refractivity contribution in [2.45, 2.75) is 60.4 Å². The fraction of sp³-hybridized carbons (Fsp3) is 0.588. The molecule has 0 heterocycles. The SMILES string of the molecule is Cc1cc(C)cc(NC(=S)NC(C)(C)CC(C)(C)C)c1. The van der Waals surface area contributed by atoms with Gasteiger partial charge in [0.15, 0.2) is 5.11 Å². The zero-order valence-electron chi connectivity index (χ0n) is 13.8. The number of benzene rings is 1. The summed E-state index contributed by atoms with van der Waals surface area (Å²) in [4.78, 5) is 0.